The zero-order valence-electron chi connectivity index (χ0n) is 12.7. The number of rotatable bonds is 2. The summed E-state index contributed by atoms with van der Waals surface area (Å²) < 4.78 is 7.91. The van der Waals surface area contributed by atoms with E-state index in [1.807, 2.05) is 28.8 Å². The third-order valence-corrected chi connectivity index (χ3v) is 4.37. The topological polar surface area (TPSA) is 97.7 Å². The summed E-state index contributed by atoms with van der Waals surface area (Å²) in [6, 6.07) is 11.2. The molecular formula is C16H14BrN5O2. The Hall–Kier alpha value is -2.74. The number of aliphatic imine (C=N–C) groups is 1. The van der Waals surface area contributed by atoms with Crippen molar-refractivity contribution in [1.82, 2.24) is 9.55 Å². The molecule has 0 saturated heterocycles. The zero-order chi connectivity index (χ0) is 16.8. The molecule has 2 aromatic carbocycles. The monoisotopic (exact) mass is 387 g/mol. The van der Waals surface area contributed by atoms with Crippen LogP contribution in [0, 0.1) is 0 Å². The maximum absolute atomic E-state index is 10.6. The Morgan fingerprint density at radius 1 is 1.33 bits per heavy atom. The lowest BCUT2D eigenvalue weighted by molar-refractivity contribution is 0.367. The van der Waals surface area contributed by atoms with Crippen LogP contribution in [0.5, 0.6) is 11.5 Å². The molecular weight excluding hydrogens is 374 g/mol. The maximum Gasteiger partial charge on any atom is 0.212 e. The second-order valence-corrected chi connectivity index (χ2v) is 6.27. The van der Waals surface area contributed by atoms with Crippen molar-refractivity contribution in [2.45, 2.75) is 6.17 Å². The first kappa shape index (κ1) is 14.8. The minimum atomic E-state index is -0.556. The number of nitrogens with zero attached hydrogens (tertiary/aromatic N) is 3. The Morgan fingerprint density at radius 3 is 2.92 bits per heavy atom. The van der Waals surface area contributed by atoms with Gasteiger partial charge in [0.2, 0.25) is 5.95 Å². The highest BCUT2D eigenvalue weighted by atomic mass is 79.9. The van der Waals surface area contributed by atoms with Gasteiger partial charge in [-0.1, -0.05) is 28.1 Å². The van der Waals surface area contributed by atoms with E-state index in [-0.39, 0.29) is 11.7 Å². The number of nitrogens with two attached hydrogens (primary N) is 1. The molecule has 0 unspecified atom stereocenters. The van der Waals surface area contributed by atoms with Crippen LogP contribution in [0.1, 0.15) is 11.7 Å². The number of methoxy groups -OCH3 is 1. The van der Waals surface area contributed by atoms with Crippen molar-refractivity contribution < 1.29 is 9.84 Å². The van der Waals surface area contributed by atoms with Gasteiger partial charge in [-0.15, -0.1) is 0 Å². The van der Waals surface area contributed by atoms with E-state index in [0.717, 1.165) is 15.5 Å². The van der Waals surface area contributed by atoms with Crippen LogP contribution in [0.2, 0.25) is 0 Å². The van der Waals surface area contributed by atoms with Crippen LogP contribution in [-0.4, -0.2) is 27.7 Å². The SMILES string of the molecule is COc1cc(Br)cc([C@H]2N=C(N)Nc3nc4ccccc4n32)c1O. The summed E-state index contributed by atoms with van der Waals surface area (Å²) in [6.45, 7) is 0. The lowest BCUT2D eigenvalue weighted by atomic mass is 10.1. The average molecular weight is 388 g/mol. The number of benzene rings is 2. The Balaban J connectivity index is 2.00. The van der Waals surface area contributed by atoms with Gasteiger partial charge >= 0.3 is 0 Å². The number of para-hydroxylation sites is 2. The molecule has 0 radical (unpaired) electrons. The molecule has 4 N–H and O–H groups in total. The molecule has 7 nitrogen and oxygen atoms in total. The van der Waals surface area contributed by atoms with Crippen molar-refractivity contribution in [3.05, 3.63) is 46.4 Å². The molecule has 1 aromatic heterocycles. The number of imidazole rings is 1. The van der Waals surface area contributed by atoms with Crippen molar-refractivity contribution in [2.75, 3.05) is 12.4 Å². The van der Waals surface area contributed by atoms with Crippen LogP contribution in [0.25, 0.3) is 11.0 Å². The predicted molar refractivity (Wildman–Crippen MR) is 95.5 cm³/mol. The largest absolute Gasteiger partial charge is 0.504 e. The Bertz CT molecular complexity index is 982. The number of phenolic OH excluding ortho intramolecular Hbond substituents is 1. The van der Waals surface area contributed by atoms with Crippen LogP contribution in [0.3, 0.4) is 0 Å². The third kappa shape index (κ3) is 2.18. The van der Waals surface area contributed by atoms with Crippen molar-refractivity contribution in [3.63, 3.8) is 0 Å². The number of hydrogen-bond acceptors (Lipinski definition) is 6. The van der Waals surface area contributed by atoms with E-state index in [0.29, 0.717) is 17.3 Å². The van der Waals surface area contributed by atoms with Gasteiger partial charge in [-0.25, -0.2) is 9.98 Å². The number of guanidine groups is 1. The molecule has 24 heavy (non-hydrogen) atoms. The van der Waals surface area contributed by atoms with Gasteiger partial charge in [0.05, 0.1) is 18.1 Å². The predicted octanol–water partition coefficient (Wildman–Crippen LogP) is 2.80. The second-order valence-electron chi connectivity index (χ2n) is 5.35. The number of halogens is 1. The summed E-state index contributed by atoms with van der Waals surface area (Å²) in [5.74, 6) is 1.19. The quantitative estimate of drug-likeness (QED) is 0.627. The van der Waals surface area contributed by atoms with E-state index in [9.17, 15) is 5.11 Å². The first-order valence-electron chi connectivity index (χ1n) is 7.22. The van der Waals surface area contributed by atoms with Gasteiger partial charge < -0.3 is 15.6 Å². The van der Waals surface area contributed by atoms with Gasteiger partial charge in [-0.2, -0.15) is 0 Å². The van der Waals surface area contributed by atoms with E-state index in [1.54, 1.807) is 12.1 Å². The molecule has 0 bridgehead atoms. The summed E-state index contributed by atoms with van der Waals surface area (Å²) in [5, 5.41) is 13.5. The van der Waals surface area contributed by atoms with Crippen LogP contribution < -0.4 is 15.8 Å². The fraction of sp³-hybridized carbons (Fsp3) is 0.125. The minimum absolute atomic E-state index is 0.0212. The number of aromatic nitrogens is 2. The summed E-state index contributed by atoms with van der Waals surface area (Å²) in [6.07, 6.45) is -0.556. The summed E-state index contributed by atoms with van der Waals surface area (Å²) >= 11 is 3.44. The van der Waals surface area contributed by atoms with Crippen LogP contribution in [-0.2, 0) is 0 Å². The molecule has 0 fully saturated rings. The fourth-order valence-electron chi connectivity index (χ4n) is 2.87. The lowest BCUT2D eigenvalue weighted by Gasteiger charge is -2.25. The van der Waals surface area contributed by atoms with Crippen molar-refractivity contribution in [1.29, 1.82) is 0 Å². The molecule has 1 aliphatic rings. The molecule has 8 heteroatoms. The van der Waals surface area contributed by atoms with Gasteiger partial charge in [0.25, 0.3) is 0 Å². The summed E-state index contributed by atoms with van der Waals surface area (Å²) in [5.41, 5.74) is 8.19. The minimum Gasteiger partial charge on any atom is -0.504 e. The van der Waals surface area contributed by atoms with Gasteiger partial charge in [0, 0.05) is 10.0 Å². The zero-order valence-corrected chi connectivity index (χ0v) is 14.3. The number of phenols is 1. The van der Waals surface area contributed by atoms with Crippen molar-refractivity contribution >= 4 is 38.9 Å². The fourth-order valence-corrected chi connectivity index (χ4v) is 3.33. The second kappa shape index (κ2) is 5.41. The average Bonchev–Trinajstić information content (AvgIpc) is 2.93. The van der Waals surface area contributed by atoms with Gasteiger partial charge in [0.1, 0.15) is 0 Å². The molecule has 3 aromatic rings. The molecule has 0 aliphatic carbocycles. The lowest BCUT2D eigenvalue weighted by Crippen LogP contribution is -2.31. The molecule has 2 heterocycles. The van der Waals surface area contributed by atoms with Crippen LogP contribution in [0.15, 0.2) is 45.9 Å². The molecule has 1 atom stereocenters. The number of anilines is 1. The maximum atomic E-state index is 10.6. The van der Waals surface area contributed by atoms with Gasteiger partial charge in [0.15, 0.2) is 23.6 Å². The molecule has 122 valence electrons. The number of fused-ring (bicyclic) bond motifs is 3. The number of aromatic hydroxyl groups is 1. The smallest absolute Gasteiger partial charge is 0.212 e. The summed E-state index contributed by atoms with van der Waals surface area (Å²) in [7, 11) is 1.50. The van der Waals surface area contributed by atoms with E-state index in [2.05, 4.69) is 31.2 Å². The Labute approximate surface area is 145 Å². The highest BCUT2D eigenvalue weighted by Gasteiger charge is 2.28. The van der Waals surface area contributed by atoms with E-state index in [1.165, 1.54) is 7.11 Å². The standard InChI is InChI=1S/C16H14BrN5O2/c1-24-12-7-8(17)6-9(13(12)23)14-20-15(18)21-16-19-10-4-2-3-5-11(10)22(14)16/h2-7,14,23H,1H3,(H3,18,19,20,21)/t14-/m0/s1. The van der Waals surface area contributed by atoms with Gasteiger partial charge in [-0.05, 0) is 24.3 Å². The van der Waals surface area contributed by atoms with Crippen LogP contribution in [0.4, 0.5) is 5.95 Å². The first-order valence-corrected chi connectivity index (χ1v) is 8.01. The normalized spacial score (nSPS) is 16.4. The highest BCUT2D eigenvalue weighted by Crippen LogP contribution is 2.41. The Morgan fingerprint density at radius 2 is 2.12 bits per heavy atom. The molecule has 4 rings (SSSR count). The molecule has 1 aliphatic heterocycles. The van der Waals surface area contributed by atoms with E-state index in [4.69, 9.17) is 10.5 Å². The number of hydrogen-bond donors (Lipinski definition) is 3. The van der Waals surface area contributed by atoms with Crippen molar-refractivity contribution in [2.24, 2.45) is 10.7 Å². The highest BCUT2D eigenvalue weighted by molar-refractivity contribution is 9.10. The third-order valence-electron chi connectivity index (χ3n) is 3.91. The summed E-state index contributed by atoms with van der Waals surface area (Å²) in [4.78, 5) is 9.00. The molecule has 0 spiro atoms. The first-order chi connectivity index (χ1) is 11.6. The number of ether oxygens (including phenoxy) is 1. The number of nitrogens with one attached hydrogen (secondary N) is 1. The van der Waals surface area contributed by atoms with Crippen molar-refractivity contribution in [3.8, 4) is 11.5 Å². The van der Waals surface area contributed by atoms with Gasteiger partial charge in [-0.3, -0.25) is 9.88 Å². The van der Waals surface area contributed by atoms with E-state index >= 15 is 0 Å². The van der Waals surface area contributed by atoms with Crippen LogP contribution >= 0.6 is 15.9 Å². The molecule has 0 amide bonds. The molecule has 0 saturated carbocycles. The Kier molecular flexibility index (Phi) is 3.34. The van der Waals surface area contributed by atoms with E-state index < -0.39 is 6.17 Å².